The second-order valence-corrected chi connectivity index (χ2v) is 7.06. The first-order valence-corrected chi connectivity index (χ1v) is 9.37. The maximum Gasteiger partial charge on any atom is 0.272 e. The zero-order chi connectivity index (χ0) is 16.5. The van der Waals surface area contributed by atoms with Crippen LogP contribution in [-0.4, -0.2) is 38.5 Å². The highest BCUT2D eigenvalue weighted by molar-refractivity contribution is 7.13. The highest BCUT2D eigenvalue weighted by Crippen LogP contribution is 2.25. The molecule has 4 heterocycles. The molecule has 1 fully saturated rings. The van der Waals surface area contributed by atoms with Gasteiger partial charge in [-0.05, 0) is 43.2 Å². The first kappa shape index (κ1) is 15.3. The van der Waals surface area contributed by atoms with E-state index in [2.05, 4.69) is 23.1 Å². The number of likely N-dealkylation sites (tertiary alicyclic amines) is 1. The van der Waals surface area contributed by atoms with Crippen LogP contribution < -0.4 is 0 Å². The van der Waals surface area contributed by atoms with Crippen LogP contribution in [0.2, 0.25) is 0 Å². The van der Waals surface area contributed by atoms with Gasteiger partial charge in [-0.2, -0.15) is 5.10 Å². The third kappa shape index (κ3) is 2.71. The van der Waals surface area contributed by atoms with E-state index in [9.17, 15) is 4.79 Å². The van der Waals surface area contributed by atoms with Crippen LogP contribution in [0.5, 0.6) is 0 Å². The number of hydrogen-bond donors (Lipinski definition) is 0. The Kier molecular flexibility index (Phi) is 4.06. The van der Waals surface area contributed by atoms with Crippen molar-refractivity contribution in [1.29, 1.82) is 0 Å². The molecule has 0 saturated carbocycles. The van der Waals surface area contributed by atoms with E-state index in [-0.39, 0.29) is 5.91 Å². The number of thiophene rings is 1. The number of carbonyl (C=O) groups excluding carboxylic acids is 1. The lowest BCUT2D eigenvalue weighted by molar-refractivity contribution is 0.0718. The summed E-state index contributed by atoms with van der Waals surface area (Å²) >= 11 is 1.66. The van der Waals surface area contributed by atoms with Gasteiger partial charge in [-0.25, -0.2) is 9.50 Å². The van der Waals surface area contributed by atoms with Gasteiger partial charge in [-0.15, -0.1) is 11.3 Å². The topological polar surface area (TPSA) is 50.5 Å². The van der Waals surface area contributed by atoms with Gasteiger partial charge in [0.05, 0.1) is 4.88 Å². The Balaban J connectivity index is 1.75. The van der Waals surface area contributed by atoms with Gasteiger partial charge in [0.1, 0.15) is 11.4 Å². The van der Waals surface area contributed by atoms with Crippen molar-refractivity contribution in [3.8, 4) is 10.6 Å². The number of piperidine rings is 1. The van der Waals surface area contributed by atoms with Crippen molar-refractivity contribution in [3.63, 3.8) is 0 Å². The zero-order valence-corrected chi connectivity index (χ0v) is 14.6. The summed E-state index contributed by atoms with van der Waals surface area (Å²) in [6.07, 6.45) is 4.20. The Hall–Kier alpha value is -2.21. The van der Waals surface area contributed by atoms with Gasteiger partial charge in [0.2, 0.25) is 0 Å². The van der Waals surface area contributed by atoms with E-state index in [1.165, 1.54) is 6.42 Å². The summed E-state index contributed by atoms with van der Waals surface area (Å²) < 4.78 is 1.86. The van der Waals surface area contributed by atoms with E-state index in [1.807, 2.05) is 33.0 Å². The Morgan fingerprint density at radius 1 is 1.25 bits per heavy atom. The number of aromatic nitrogens is 3. The van der Waals surface area contributed by atoms with Crippen molar-refractivity contribution in [1.82, 2.24) is 19.5 Å². The largest absolute Gasteiger partial charge is 0.337 e. The van der Waals surface area contributed by atoms with Crippen LogP contribution in [0.15, 0.2) is 29.6 Å². The average molecular weight is 340 g/mol. The van der Waals surface area contributed by atoms with Gasteiger partial charge >= 0.3 is 0 Å². The van der Waals surface area contributed by atoms with E-state index in [0.717, 1.165) is 54.3 Å². The number of aryl methyl sites for hydroxylation is 1. The number of rotatable bonds is 3. The molecule has 0 aromatic carbocycles. The fraction of sp³-hybridized carbons (Fsp3) is 0.389. The molecule has 0 unspecified atom stereocenters. The molecule has 5 nitrogen and oxygen atoms in total. The molecule has 0 N–H and O–H groups in total. The lowest BCUT2D eigenvalue weighted by Gasteiger charge is -2.26. The van der Waals surface area contributed by atoms with Gasteiger partial charge in [0.15, 0.2) is 5.65 Å². The molecule has 0 bridgehead atoms. The first-order chi connectivity index (χ1) is 11.8. The molecule has 1 amide bonds. The summed E-state index contributed by atoms with van der Waals surface area (Å²) in [5.41, 5.74) is 3.22. The fourth-order valence-corrected chi connectivity index (χ4v) is 3.88. The minimum Gasteiger partial charge on any atom is -0.337 e. The Labute approximate surface area is 144 Å². The second-order valence-electron chi connectivity index (χ2n) is 6.12. The predicted octanol–water partition coefficient (Wildman–Crippen LogP) is 3.65. The molecular weight excluding hydrogens is 320 g/mol. The molecule has 1 aliphatic rings. The maximum absolute atomic E-state index is 12.8. The minimum absolute atomic E-state index is 0.0470. The third-order valence-corrected chi connectivity index (χ3v) is 5.39. The second kappa shape index (κ2) is 6.36. The van der Waals surface area contributed by atoms with Crippen molar-refractivity contribution in [2.45, 2.75) is 32.6 Å². The highest BCUT2D eigenvalue weighted by Gasteiger charge is 2.21. The molecule has 0 aliphatic carbocycles. The van der Waals surface area contributed by atoms with Gasteiger partial charge in [0.25, 0.3) is 5.91 Å². The molecular formula is C18H20N4OS. The van der Waals surface area contributed by atoms with Gasteiger partial charge < -0.3 is 4.90 Å². The van der Waals surface area contributed by atoms with Crippen molar-refractivity contribution < 1.29 is 4.79 Å². The number of amides is 1. The maximum atomic E-state index is 12.8. The predicted molar refractivity (Wildman–Crippen MR) is 95.4 cm³/mol. The molecule has 3 aromatic heterocycles. The normalized spacial score (nSPS) is 15.1. The summed E-state index contributed by atoms with van der Waals surface area (Å²) in [7, 11) is 0. The van der Waals surface area contributed by atoms with E-state index in [1.54, 1.807) is 11.3 Å². The van der Waals surface area contributed by atoms with Gasteiger partial charge in [-0.1, -0.05) is 13.0 Å². The molecule has 1 aliphatic heterocycles. The Morgan fingerprint density at radius 3 is 2.79 bits per heavy atom. The number of hydrogen-bond acceptors (Lipinski definition) is 4. The van der Waals surface area contributed by atoms with Crippen LogP contribution in [0.3, 0.4) is 0 Å². The van der Waals surface area contributed by atoms with Gasteiger partial charge in [-0.3, -0.25) is 4.79 Å². The summed E-state index contributed by atoms with van der Waals surface area (Å²) in [6, 6.07) is 7.94. The molecule has 124 valence electrons. The van der Waals surface area contributed by atoms with E-state index in [0.29, 0.717) is 5.69 Å². The molecule has 0 spiro atoms. The quantitative estimate of drug-likeness (QED) is 0.731. The Morgan fingerprint density at radius 2 is 2.08 bits per heavy atom. The van der Waals surface area contributed by atoms with Crippen LogP contribution in [0.1, 0.15) is 42.4 Å². The van der Waals surface area contributed by atoms with Crippen molar-refractivity contribution in [2.24, 2.45) is 0 Å². The number of fused-ring (bicyclic) bond motifs is 1. The fourth-order valence-electron chi connectivity index (χ4n) is 3.20. The molecule has 24 heavy (non-hydrogen) atoms. The summed E-state index contributed by atoms with van der Waals surface area (Å²) in [5.74, 6) is 0.0470. The average Bonchev–Trinajstić information content (AvgIpc) is 3.30. The smallest absolute Gasteiger partial charge is 0.272 e. The highest BCUT2D eigenvalue weighted by atomic mass is 32.1. The standard InChI is InChI=1S/C18H20N4OS/c1-2-13-11-15(18(23)21-8-4-3-5-9-21)19-17-12-14(20-22(13)17)16-7-6-10-24-16/h6-7,10-12H,2-5,8-9H2,1H3. The van der Waals surface area contributed by atoms with Gasteiger partial charge in [0, 0.05) is 24.8 Å². The number of carbonyl (C=O) groups is 1. The van der Waals surface area contributed by atoms with Crippen LogP contribution >= 0.6 is 11.3 Å². The number of nitrogens with zero attached hydrogens (tertiary/aromatic N) is 4. The first-order valence-electron chi connectivity index (χ1n) is 8.49. The zero-order valence-electron chi connectivity index (χ0n) is 13.7. The minimum atomic E-state index is 0.0470. The van der Waals surface area contributed by atoms with Crippen molar-refractivity contribution in [3.05, 3.63) is 41.0 Å². The van der Waals surface area contributed by atoms with Crippen molar-refractivity contribution >= 4 is 22.9 Å². The molecule has 1 saturated heterocycles. The van der Waals surface area contributed by atoms with E-state index >= 15 is 0 Å². The molecule has 0 atom stereocenters. The van der Waals surface area contributed by atoms with Crippen molar-refractivity contribution in [2.75, 3.05) is 13.1 Å². The monoisotopic (exact) mass is 340 g/mol. The summed E-state index contributed by atoms with van der Waals surface area (Å²) in [6.45, 7) is 3.76. The van der Waals surface area contributed by atoms with Crippen LogP contribution in [0, 0.1) is 0 Å². The molecule has 6 heteroatoms. The Bertz CT molecular complexity index is 863. The SMILES string of the molecule is CCc1cc(C(=O)N2CCCCC2)nc2cc(-c3cccs3)nn12. The molecule has 4 rings (SSSR count). The van der Waals surface area contributed by atoms with Crippen LogP contribution in [-0.2, 0) is 6.42 Å². The summed E-state index contributed by atoms with van der Waals surface area (Å²) in [4.78, 5) is 20.4. The van der Waals surface area contributed by atoms with E-state index in [4.69, 9.17) is 0 Å². The molecule has 3 aromatic rings. The van der Waals surface area contributed by atoms with E-state index < -0.39 is 0 Å². The van der Waals surface area contributed by atoms with Crippen LogP contribution in [0.25, 0.3) is 16.2 Å². The van der Waals surface area contributed by atoms with Crippen LogP contribution in [0.4, 0.5) is 0 Å². The summed E-state index contributed by atoms with van der Waals surface area (Å²) in [5, 5.41) is 6.72. The molecule has 0 radical (unpaired) electrons. The lowest BCUT2D eigenvalue weighted by atomic mass is 10.1. The lowest BCUT2D eigenvalue weighted by Crippen LogP contribution is -2.36. The third-order valence-electron chi connectivity index (χ3n) is 4.50.